The molecule has 0 heterocycles. The summed E-state index contributed by atoms with van der Waals surface area (Å²) in [5, 5.41) is 2.30. The molecule has 1 amide bonds. The maximum Gasteiger partial charge on any atom is 0.406 e. The van der Waals surface area contributed by atoms with E-state index in [0.717, 1.165) is 0 Å². The minimum atomic E-state index is -0.438. The molecule has 0 spiro atoms. The normalized spacial score (nSPS) is 12.3. The van der Waals surface area contributed by atoms with E-state index in [1.54, 1.807) is 6.92 Å². The van der Waals surface area contributed by atoms with Gasteiger partial charge < -0.3 is 15.8 Å². The fourth-order valence-corrected chi connectivity index (χ4v) is 0.279. The lowest BCUT2D eigenvalue weighted by atomic mass is 10.4. The van der Waals surface area contributed by atoms with Crippen molar-refractivity contribution in [3.8, 4) is 0 Å². The molecule has 1 unspecified atom stereocenters. The van der Waals surface area contributed by atoms with E-state index in [9.17, 15) is 4.79 Å². The van der Waals surface area contributed by atoms with E-state index in [1.165, 1.54) is 7.05 Å². The van der Waals surface area contributed by atoms with Crippen LogP contribution in [0.5, 0.6) is 0 Å². The lowest BCUT2D eigenvalue weighted by molar-refractivity contribution is 0.143. The number of carbonyl (C=O) groups excluding carboxylic acids is 1. The van der Waals surface area contributed by atoms with Crippen LogP contribution in [0, 0.1) is 0 Å². The highest BCUT2D eigenvalue weighted by atomic mass is 16.5. The number of nitrogens with one attached hydrogen (secondary N) is 1. The third-order valence-electron chi connectivity index (χ3n) is 0.681. The monoisotopic (exact) mass is 132 g/mol. The van der Waals surface area contributed by atoms with Crippen LogP contribution in [0.3, 0.4) is 0 Å². The second-order valence-corrected chi connectivity index (χ2v) is 1.83. The van der Waals surface area contributed by atoms with E-state index in [2.05, 4.69) is 10.1 Å². The van der Waals surface area contributed by atoms with Crippen LogP contribution < -0.4 is 11.1 Å². The molecule has 0 aliphatic carbocycles. The minimum Gasteiger partial charge on any atom is -0.448 e. The minimum absolute atomic E-state index is 0.0951. The maximum absolute atomic E-state index is 10.3. The smallest absolute Gasteiger partial charge is 0.406 e. The van der Waals surface area contributed by atoms with Gasteiger partial charge in [-0.3, -0.25) is 0 Å². The van der Waals surface area contributed by atoms with Crippen LogP contribution in [0.4, 0.5) is 4.79 Å². The van der Waals surface area contributed by atoms with Crippen molar-refractivity contribution in [2.75, 3.05) is 13.7 Å². The summed E-state index contributed by atoms with van der Waals surface area (Å²) in [6.07, 6.45) is -0.438. The van der Waals surface area contributed by atoms with E-state index in [4.69, 9.17) is 5.73 Å². The predicted molar refractivity (Wildman–Crippen MR) is 34.1 cm³/mol. The van der Waals surface area contributed by atoms with E-state index < -0.39 is 6.09 Å². The molecule has 0 aromatic carbocycles. The number of ether oxygens (including phenoxy) is 1. The maximum atomic E-state index is 10.3. The van der Waals surface area contributed by atoms with E-state index in [-0.39, 0.29) is 12.6 Å². The number of nitrogens with two attached hydrogens (primary N) is 1. The summed E-state index contributed by atoms with van der Waals surface area (Å²) in [7, 11) is 1.50. The third-order valence-corrected chi connectivity index (χ3v) is 0.681. The molecule has 0 aliphatic heterocycles. The predicted octanol–water partition coefficient (Wildman–Crippen LogP) is -0.310. The molecule has 3 N–H and O–H groups in total. The Kier molecular flexibility index (Phi) is 3.79. The van der Waals surface area contributed by atoms with Crippen molar-refractivity contribution >= 4 is 6.09 Å². The SMILES string of the molecule is CNC(=O)OCC(C)N. The fourth-order valence-electron chi connectivity index (χ4n) is 0.279. The van der Waals surface area contributed by atoms with Crippen LogP contribution in [0.25, 0.3) is 0 Å². The van der Waals surface area contributed by atoms with Crippen molar-refractivity contribution in [1.29, 1.82) is 0 Å². The molecule has 0 aromatic rings. The topological polar surface area (TPSA) is 64.3 Å². The van der Waals surface area contributed by atoms with Crippen molar-refractivity contribution < 1.29 is 9.53 Å². The number of amides is 1. The van der Waals surface area contributed by atoms with Crippen molar-refractivity contribution in [2.45, 2.75) is 13.0 Å². The van der Waals surface area contributed by atoms with Gasteiger partial charge in [0.1, 0.15) is 6.61 Å². The Bertz CT molecular complexity index is 93.0. The first kappa shape index (κ1) is 8.23. The van der Waals surface area contributed by atoms with Crippen LogP contribution in [0.1, 0.15) is 6.92 Å². The number of rotatable bonds is 2. The van der Waals surface area contributed by atoms with Crippen molar-refractivity contribution in [2.24, 2.45) is 5.73 Å². The summed E-state index contributed by atoms with van der Waals surface area (Å²) >= 11 is 0. The first-order valence-corrected chi connectivity index (χ1v) is 2.77. The average molecular weight is 132 g/mol. The van der Waals surface area contributed by atoms with Gasteiger partial charge in [-0.15, -0.1) is 0 Å². The molecule has 4 nitrogen and oxygen atoms in total. The van der Waals surface area contributed by atoms with Gasteiger partial charge in [-0.2, -0.15) is 0 Å². The second kappa shape index (κ2) is 4.14. The molecule has 0 fully saturated rings. The fraction of sp³-hybridized carbons (Fsp3) is 0.800. The lowest BCUT2D eigenvalue weighted by Crippen LogP contribution is -2.28. The molecule has 0 radical (unpaired) electrons. The molecular weight excluding hydrogens is 120 g/mol. The third kappa shape index (κ3) is 5.10. The van der Waals surface area contributed by atoms with Crippen LogP contribution in [0.15, 0.2) is 0 Å². The van der Waals surface area contributed by atoms with Gasteiger partial charge in [0.25, 0.3) is 0 Å². The van der Waals surface area contributed by atoms with Gasteiger partial charge in [0.05, 0.1) is 0 Å². The van der Waals surface area contributed by atoms with Crippen molar-refractivity contribution in [1.82, 2.24) is 5.32 Å². The Morgan fingerprint density at radius 3 is 2.78 bits per heavy atom. The van der Waals surface area contributed by atoms with Crippen LogP contribution >= 0.6 is 0 Å². The Morgan fingerprint density at radius 1 is 1.89 bits per heavy atom. The first-order chi connectivity index (χ1) is 4.16. The average Bonchev–Trinajstić information content (AvgIpc) is 1.83. The molecule has 9 heavy (non-hydrogen) atoms. The Labute approximate surface area is 54.4 Å². The van der Waals surface area contributed by atoms with Gasteiger partial charge in [-0.05, 0) is 6.92 Å². The molecule has 1 atom stereocenters. The van der Waals surface area contributed by atoms with Crippen LogP contribution in [0.2, 0.25) is 0 Å². The van der Waals surface area contributed by atoms with Crippen LogP contribution in [-0.2, 0) is 4.74 Å². The summed E-state index contributed by atoms with van der Waals surface area (Å²) in [6, 6.07) is -0.0951. The Morgan fingerprint density at radius 2 is 2.44 bits per heavy atom. The zero-order valence-corrected chi connectivity index (χ0v) is 5.68. The largest absolute Gasteiger partial charge is 0.448 e. The quantitative estimate of drug-likeness (QED) is 0.541. The van der Waals surface area contributed by atoms with Crippen molar-refractivity contribution in [3.05, 3.63) is 0 Å². The summed E-state index contributed by atoms with van der Waals surface area (Å²) in [4.78, 5) is 10.3. The summed E-state index contributed by atoms with van der Waals surface area (Å²) in [5.41, 5.74) is 5.29. The van der Waals surface area contributed by atoms with Gasteiger partial charge in [-0.25, -0.2) is 4.79 Å². The number of hydrogen-bond acceptors (Lipinski definition) is 3. The Balaban J connectivity index is 3.17. The molecule has 0 aromatic heterocycles. The van der Waals surface area contributed by atoms with E-state index in [1.807, 2.05) is 0 Å². The van der Waals surface area contributed by atoms with Gasteiger partial charge in [0.2, 0.25) is 0 Å². The highest BCUT2D eigenvalue weighted by molar-refractivity contribution is 5.66. The number of carbonyl (C=O) groups is 1. The van der Waals surface area contributed by atoms with Gasteiger partial charge in [-0.1, -0.05) is 0 Å². The zero-order chi connectivity index (χ0) is 7.28. The van der Waals surface area contributed by atoms with E-state index >= 15 is 0 Å². The molecule has 0 saturated heterocycles. The molecule has 0 bridgehead atoms. The van der Waals surface area contributed by atoms with Gasteiger partial charge in [0, 0.05) is 13.1 Å². The summed E-state index contributed by atoms with van der Waals surface area (Å²) < 4.78 is 4.58. The summed E-state index contributed by atoms with van der Waals surface area (Å²) in [5.74, 6) is 0. The van der Waals surface area contributed by atoms with Crippen molar-refractivity contribution in [3.63, 3.8) is 0 Å². The van der Waals surface area contributed by atoms with E-state index in [0.29, 0.717) is 0 Å². The second-order valence-electron chi connectivity index (χ2n) is 1.83. The van der Waals surface area contributed by atoms with Gasteiger partial charge in [0.15, 0.2) is 0 Å². The molecule has 0 saturated carbocycles. The molecule has 0 rings (SSSR count). The molecule has 0 aliphatic rings. The standard InChI is InChI=1S/C5H12N2O2/c1-4(6)3-9-5(8)7-2/h4H,3,6H2,1-2H3,(H,7,8). The molecule has 54 valence electrons. The number of hydrogen-bond donors (Lipinski definition) is 2. The summed E-state index contributed by atoms with van der Waals surface area (Å²) in [6.45, 7) is 2.03. The molecule has 4 heteroatoms. The highest BCUT2D eigenvalue weighted by Gasteiger charge is 1.98. The zero-order valence-electron chi connectivity index (χ0n) is 5.68. The lowest BCUT2D eigenvalue weighted by Gasteiger charge is -2.04. The van der Waals surface area contributed by atoms with Gasteiger partial charge >= 0.3 is 6.09 Å². The number of alkyl carbamates (subject to hydrolysis) is 1. The first-order valence-electron chi connectivity index (χ1n) is 2.77. The molecular formula is C5H12N2O2. The highest BCUT2D eigenvalue weighted by Crippen LogP contribution is 1.79. The van der Waals surface area contributed by atoms with Crippen LogP contribution in [-0.4, -0.2) is 25.8 Å². The Hall–Kier alpha value is -0.770.